The number of benzene rings is 2. The third-order valence-electron chi connectivity index (χ3n) is 5.53. The number of ether oxygens (including phenoxy) is 2. The van der Waals surface area contributed by atoms with Gasteiger partial charge in [-0.2, -0.15) is 0 Å². The Bertz CT molecular complexity index is 833. The minimum atomic E-state index is 0.234. The van der Waals surface area contributed by atoms with Crippen LogP contribution in [-0.4, -0.2) is 56.0 Å². The van der Waals surface area contributed by atoms with Gasteiger partial charge in [-0.05, 0) is 55.0 Å². The van der Waals surface area contributed by atoms with Gasteiger partial charge in [-0.15, -0.1) is 11.8 Å². The lowest BCUT2D eigenvalue weighted by atomic mass is 10.1. The van der Waals surface area contributed by atoms with E-state index in [2.05, 4.69) is 18.2 Å². The van der Waals surface area contributed by atoms with Gasteiger partial charge in [0.25, 0.3) is 0 Å². The maximum atomic E-state index is 12.6. The molecule has 0 spiro atoms. The highest BCUT2D eigenvalue weighted by molar-refractivity contribution is 8.00. The molecule has 0 saturated carbocycles. The zero-order valence-electron chi connectivity index (χ0n) is 17.0. The molecule has 0 aromatic heterocycles. The van der Waals surface area contributed by atoms with Crippen LogP contribution in [0.25, 0.3) is 0 Å². The fraction of sp³-hybridized carbons (Fsp3) is 0.435. The molecule has 0 atom stereocenters. The van der Waals surface area contributed by atoms with Crippen LogP contribution in [0.4, 0.5) is 0 Å². The Balaban J connectivity index is 1.21. The van der Waals surface area contributed by atoms with Crippen LogP contribution < -0.4 is 14.4 Å². The van der Waals surface area contributed by atoms with Gasteiger partial charge >= 0.3 is 0 Å². The van der Waals surface area contributed by atoms with Crippen molar-refractivity contribution in [1.29, 1.82) is 0 Å². The van der Waals surface area contributed by atoms with E-state index in [4.69, 9.17) is 9.47 Å². The second kappa shape index (κ2) is 9.55. The number of rotatable bonds is 7. The molecular formula is C23H29N2O3S+. The highest BCUT2D eigenvalue weighted by atomic mass is 32.2. The Hall–Kier alpha value is -2.18. The van der Waals surface area contributed by atoms with E-state index in [9.17, 15) is 4.79 Å². The van der Waals surface area contributed by atoms with Crippen LogP contribution >= 0.6 is 11.8 Å². The fourth-order valence-corrected chi connectivity index (χ4v) is 4.72. The predicted octanol–water partition coefficient (Wildman–Crippen LogP) is 2.04. The first-order chi connectivity index (χ1) is 14.2. The van der Waals surface area contributed by atoms with E-state index in [1.807, 2.05) is 36.1 Å². The summed E-state index contributed by atoms with van der Waals surface area (Å²) in [5, 5.41) is 0. The summed E-state index contributed by atoms with van der Waals surface area (Å²) in [6.45, 7) is 8.17. The number of amides is 1. The third-order valence-corrected chi connectivity index (χ3v) is 6.53. The molecule has 1 amide bonds. The number of hydrogen-bond acceptors (Lipinski definition) is 4. The highest BCUT2D eigenvalue weighted by Crippen LogP contribution is 2.25. The van der Waals surface area contributed by atoms with Crippen molar-refractivity contribution in [3.05, 3.63) is 53.6 Å². The van der Waals surface area contributed by atoms with Gasteiger partial charge in [-0.25, -0.2) is 0 Å². The maximum absolute atomic E-state index is 12.6. The number of quaternary nitrogens is 1. The van der Waals surface area contributed by atoms with E-state index < -0.39 is 0 Å². The van der Waals surface area contributed by atoms with Crippen molar-refractivity contribution in [3.63, 3.8) is 0 Å². The molecule has 0 aliphatic carbocycles. The summed E-state index contributed by atoms with van der Waals surface area (Å²) in [5.41, 5.74) is 2.71. The SMILES string of the molecule is CCOc1ccc(SCC(=O)N2CC[NH+](Cc3ccc4c(c3)CCO4)CC2)cc1. The molecule has 1 fully saturated rings. The highest BCUT2D eigenvalue weighted by Gasteiger charge is 2.24. The van der Waals surface area contributed by atoms with Gasteiger partial charge in [-0.3, -0.25) is 4.79 Å². The van der Waals surface area contributed by atoms with Crippen molar-refractivity contribution in [2.45, 2.75) is 24.8 Å². The Morgan fingerprint density at radius 1 is 1.17 bits per heavy atom. The van der Waals surface area contributed by atoms with Gasteiger partial charge in [0.2, 0.25) is 5.91 Å². The number of hydrogen-bond donors (Lipinski definition) is 1. The van der Waals surface area contributed by atoms with Crippen molar-refractivity contribution in [1.82, 2.24) is 4.90 Å². The molecule has 2 aliphatic rings. The van der Waals surface area contributed by atoms with E-state index in [0.717, 1.165) is 62.1 Å². The molecule has 5 nitrogen and oxygen atoms in total. The lowest BCUT2D eigenvalue weighted by Crippen LogP contribution is -3.13. The Kier molecular flexibility index (Phi) is 6.62. The summed E-state index contributed by atoms with van der Waals surface area (Å²) >= 11 is 1.60. The predicted molar refractivity (Wildman–Crippen MR) is 115 cm³/mol. The number of nitrogens with zero attached hydrogens (tertiary/aromatic N) is 1. The first-order valence-electron chi connectivity index (χ1n) is 10.4. The van der Waals surface area contributed by atoms with Crippen LogP contribution in [0.3, 0.4) is 0 Å². The molecule has 0 bridgehead atoms. The Labute approximate surface area is 177 Å². The quantitative estimate of drug-likeness (QED) is 0.706. The molecule has 4 rings (SSSR count). The van der Waals surface area contributed by atoms with Gasteiger partial charge < -0.3 is 19.3 Å². The molecule has 154 valence electrons. The summed E-state index contributed by atoms with van der Waals surface area (Å²) < 4.78 is 11.1. The molecule has 1 saturated heterocycles. The number of carbonyl (C=O) groups is 1. The minimum Gasteiger partial charge on any atom is -0.494 e. The summed E-state index contributed by atoms with van der Waals surface area (Å²) in [6, 6.07) is 14.5. The third kappa shape index (κ3) is 5.25. The average Bonchev–Trinajstić information content (AvgIpc) is 3.22. The average molecular weight is 414 g/mol. The van der Waals surface area contributed by atoms with Crippen LogP contribution in [0.5, 0.6) is 11.5 Å². The molecule has 1 N–H and O–H groups in total. The van der Waals surface area contributed by atoms with E-state index in [-0.39, 0.29) is 5.91 Å². The normalized spacial score (nSPS) is 16.4. The number of fused-ring (bicyclic) bond motifs is 1. The van der Waals surface area contributed by atoms with Crippen LogP contribution in [0.15, 0.2) is 47.4 Å². The number of carbonyl (C=O) groups excluding carboxylic acids is 1. The van der Waals surface area contributed by atoms with Gasteiger partial charge in [0.05, 0.1) is 45.1 Å². The molecule has 2 aromatic rings. The smallest absolute Gasteiger partial charge is 0.233 e. The summed E-state index contributed by atoms with van der Waals surface area (Å²) in [6.07, 6.45) is 1.02. The minimum absolute atomic E-state index is 0.234. The second-order valence-corrected chi connectivity index (χ2v) is 8.59. The van der Waals surface area contributed by atoms with Gasteiger partial charge in [0, 0.05) is 16.9 Å². The van der Waals surface area contributed by atoms with Crippen LogP contribution in [0, 0.1) is 0 Å². The molecule has 0 unspecified atom stereocenters. The molecule has 2 aliphatic heterocycles. The van der Waals surface area contributed by atoms with Crippen molar-refractivity contribution < 1.29 is 19.2 Å². The molecule has 6 heteroatoms. The van der Waals surface area contributed by atoms with E-state index in [1.165, 1.54) is 11.1 Å². The molecular weight excluding hydrogens is 384 g/mol. The summed E-state index contributed by atoms with van der Waals surface area (Å²) in [7, 11) is 0. The van der Waals surface area contributed by atoms with Crippen molar-refractivity contribution in [3.8, 4) is 11.5 Å². The topological polar surface area (TPSA) is 43.2 Å². The number of piperazine rings is 1. The molecule has 0 radical (unpaired) electrons. The van der Waals surface area contributed by atoms with Crippen LogP contribution in [0.2, 0.25) is 0 Å². The van der Waals surface area contributed by atoms with Crippen LogP contribution in [-0.2, 0) is 17.8 Å². The van der Waals surface area contributed by atoms with E-state index in [1.54, 1.807) is 16.7 Å². The van der Waals surface area contributed by atoms with Gasteiger partial charge in [-0.1, -0.05) is 0 Å². The summed E-state index contributed by atoms with van der Waals surface area (Å²) in [5.74, 6) is 2.65. The van der Waals surface area contributed by atoms with Gasteiger partial charge in [0.1, 0.15) is 18.0 Å². The lowest BCUT2D eigenvalue weighted by Gasteiger charge is -2.32. The van der Waals surface area contributed by atoms with E-state index in [0.29, 0.717) is 12.4 Å². The second-order valence-electron chi connectivity index (χ2n) is 7.54. The summed E-state index contributed by atoms with van der Waals surface area (Å²) in [4.78, 5) is 17.3. The first-order valence-corrected chi connectivity index (χ1v) is 11.4. The standard InChI is InChI=1S/C23H28N2O3S/c1-2-27-20-4-6-21(7-5-20)29-17-23(26)25-12-10-24(11-13-25)16-18-3-8-22-19(15-18)9-14-28-22/h3-8,15H,2,9-14,16-17H2,1H3/p+1. The number of nitrogens with one attached hydrogen (secondary N) is 1. The molecule has 2 aromatic carbocycles. The fourth-order valence-electron chi connectivity index (χ4n) is 3.92. The van der Waals surface area contributed by atoms with Crippen molar-refractivity contribution >= 4 is 17.7 Å². The first kappa shape index (κ1) is 20.1. The lowest BCUT2D eigenvalue weighted by molar-refractivity contribution is -0.917. The van der Waals surface area contributed by atoms with Crippen LogP contribution in [0.1, 0.15) is 18.1 Å². The zero-order valence-corrected chi connectivity index (χ0v) is 17.8. The van der Waals surface area contributed by atoms with Crippen molar-refractivity contribution in [2.24, 2.45) is 0 Å². The monoisotopic (exact) mass is 413 g/mol. The number of thioether (sulfide) groups is 1. The molecule has 29 heavy (non-hydrogen) atoms. The molecule has 2 heterocycles. The maximum Gasteiger partial charge on any atom is 0.233 e. The Morgan fingerprint density at radius 3 is 2.72 bits per heavy atom. The van der Waals surface area contributed by atoms with E-state index >= 15 is 0 Å². The Morgan fingerprint density at radius 2 is 1.97 bits per heavy atom. The zero-order chi connectivity index (χ0) is 20.1. The largest absolute Gasteiger partial charge is 0.494 e. The van der Waals surface area contributed by atoms with Gasteiger partial charge in [0.15, 0.2) is 0 Å². The van der Waals surface area contributed by atoms with Crippen molar-refractivity contribution in [2.75, 3.05) is 45.1 Å².